The van der Waals surface area contributed by atoms with Crippen molar-refractivity contribution in [3.63, 3.8) is 0 Å². The Hall–Kier alpha value is -0.910. The lowest BCUT2D eigenvalue weighted by Gasteiger charge is -2.19. The van der Waals surface area contributed by atoms with Gasteiger partial charge >= 0.3 is 0 Å². The summed E-state index contributed by atoms with van der Waals surface area (Å²) in [5.41, 5.74) is 1.15. The fourth-order valence-corrected chi connectivity index (χ4v) is 3.24. The summed E-state index contributed by atoms with van der Waals surface area (Å²) in [7, 11) is -3.56. The molecule has 0 bridgehead atoms. The third-order valence-corrected chi connectivity index (χ3v) is 4.87. The Labute approximate surface area is 122 Å². The second-order valence-electron chi connectivity index (χ2n) is 5.40. The van der Waals surface area contributed by atoms with Crippen LogP contribution in [0.15, 0.2) is 29.2 Å². The molecule has 1 aromatic rings. The van der Waals surface area contributed by atoms with Crippen LogP contribution < -0.4 is 4.72 Å². The summed E-state index contributed by atoms with van der Waals surface area (Å²) in [5, 5.41) is 9.22. The molecule has 0 aliphatic rings. The van der Waals surface area contributed by atoms with Gasteiger partial charge in [0, 0.05) is 6.04 Å². The molecule has 0 amide bonds. The highest BCUT2D eigenvalue weighted by Crippen LogP contribution is 2.14. The van der Waals surface area contributed by atoms with E-state index in [9.17, 15) is 13.5 Å². The van der Waals surface area contributed by atoms with Crippen molar-refractivity contribution in [3.8, 4) is 0 Å². The van der Waals surface area contributed by atoms with Gasteiger partial charge < -0.3 is 5.11 Å². The summed E-state index contributed by atoms with van der Waals surface area (Å²) in [6, 6.07) is 6.51. The maximum absolute atomic E-state index is 12.2. The van der Waals surface area contributed by atoms with Crippen LogP contribution in [0, 0.1) is 5.92 Å². The van der Waals surface area contributed by atoms with Gasteiger partial charge in [-0.25, -0.2) is 13.1 Å². The van der Waals surface area contributed by atoms with Gasteiger partial charge in [-0.1, -0.05) is 39.3 Å². The highest BCUT2D eigenvalue weighted by molar-refractivity contribution is 7.89. The Morgan fingerprint density at radius 2 is 1.80 bits per heavy atom. The molecule has 1 unspecified atom stereocenters. The quantitative estimate of drug-likeness (QED) is 0.774. The first-order chi connectivity index (χ1) is 9.40. The maximum atomic E-state index is 12.2. The van der Waals surface area contributed by atoms with Gasteiger partial charge in [-0.05, 0) is 36.5 Å². The first-order valence-corrected chi connectivity index (χ1v) is 8.61. The van der Waals surface area contributed by atoms with E-state index in [-0.39, 0.29) is 17.4 Å². The zero-order valence-corrected chi connectivity index (χ0v) is 13.3. The molecule has 1 aromatic carbocycles. The van der Waals surface area contributed by atoms with Gasteiger partial charge in [0.15, 0.2) is 0 Å². The van der Waals surface area contributed by atoms with Gasteiger partial charge in [0.25, 0.3) is 0 Å². The highest BCUT2D eigenvalue weighted by atomic mass is 32.2. The van der Waals surface area contributed by atoms with Crippen molar-refractivity contribution in [1.82, 2.24) is 4.72 Å². The Morgan fingerprint density at radius 1 is 1.20 bits per heavy atom. The van der Waals surface area contributed by atoms with Gasteiger partial charge in [-0.2, -0.15) is 0 Å². The van der Waals surface area contributed by atoms with Crippen molar-refractivity contribution in [2.75, 3.05) is 6.61 Å². The number of hydrogen-bond acceptors (Lipinski definition) is 3. The van der Waals surface area contributed by atoms with E-state index >= 15 is 0 Å². The maximum Gasteiger partial charge on any atom is 0.240 e. The van der Waals surface area contributed by atoms with Crippen LogP contribution >= 0.6 is 0 Å². The van der Waals surface area contributed by atoms with Gasteiger partial charge in [0.05, 0.1) is 11.5 Å². The molecule has 2 N–H and O–H groups in total. The van der Waals surface area contributed by atoms with Crippen LogP contribution in [0.3, 0.4) is 0 Å². The smallest absolute Gasteiger partial charge is 0.240 e. The molecule has 0 saturated heterocycles. The normalized spacial score (nSPS) is 13.7. The summed E-state index contributed by atoms with van der Waals surface area (Å²) >= 11 is 0. The lowest BCUT2D eigenvalue weighted by atomic mass is 10.1. The van der Waals surface area contributed by atoms with E-state index in [0.717, 1.165) is 24.8 Å². The minimum absolute atomic E-state index is 0.0404. The van der Waals surface area contributed by atoms with E-state index in [4.69, 9.17) is 0 Å². The molecule has 114 valence electrons. The second-order valence-corrected chi connectivity index (χ2v) is 7.12. The molecule has 0 aliphatic heterocycles. The van der Waals surface area contributed by atoms with Crippen molar-refractivity contribution >= 4 is 10.0 Å². The van der Waals surface area contributed by atoms with Crippen molar-refractivity contribution in [1.29, 1.82) is 0 Å². The van der Waals surface area contributed by atoms with Crippen LogP contribution in [-0.4, -0.2) is 26.2 Å². The fraction of sp³-hybridized carbons (Fsp3) is 0.600. The molecule has 20 heavy (non-hydrogen) atoms. The molecule has 1 atom stereocenters. The van der Waals surface area contributed by atoms with Crippen molar-refractivity contribution in [2.24, 2.45) is 5.92 Å². The summed E-state index contributed by atoms with van der Waals surface area (Å²) in [4.78, 5) is 0.247. The van der Waals surface area contributed by atoms with Gasteiger partial charge in [-0.15, -0.1) is 0 Å². The minimum atomic E-state index is -3.56. The third kappa shape index (κ3) is 4.89. The Bertz CT molecular complexity index is 494. The largest absolute Gasteiger partial charge is 0.395 e. The zero-order chi connectivity index (χ0) is 15.2. The van der Waals surface area contributed by atoms with E-state index in [0.29, 0.717) is 0 Å². The van der Waals surface area contributed by atoms with Crippen LogP contribution in [0.25, 0.3) is 0 Å². The lowest BCUT2D eigenvalue weighted by Crippen LogP contribution is -2.41. The van der Waals surface area contributed by atoms with Crippen LogP contribution in [0.1, 0.15) is 39.2 Å². The molecule has 0 fully saturated rings. The molecule has 0 aromatic heterocycles. The molecule has 0 heterocycles. The molecule has 0 saturated carbocycles. The average molecular weight is 299 g/mol. The number of sulfonamides is 1. The number of aliphatic hydroxyl groups is 1. The SMILES string of the molecule is CCCCc1ccc(S(=O)(=O)NC(CO)C(C)C)cc1. The molecule has 0 radical (unpaired) electrons. The Kier molecular flexibility index (Phi) is 6.65. The standard InChI is InChI=1S/C15H25NO3S/c1-4-5-6-13-7-9-14(10-8-13)20(18,19)16-15(11-17)12(2)3/h7-10,12,15-17H,4-6,11H2,1-3H3. The summed E-state index contributed by atoms with van der Waals surface area (Å²) in [6.45, 7) is 5.67. The molecular weight excluding hydrogens is 274 g/mol. The second kappa shape index (κ2) is 7.76. The van der Waals surface area contributed by atoms with E-state index in [2.05, 4.69) is 11.6 Å². The third-order valence-electron chi connectivity index (χ3n) is 3.36. The first-order valence-electron chi connectivity index (χ1n) is 7.12. The Morgan fingerprint density at radius 3 is 2.25 bits per heavy atom. The van der Waals surface area contributed by atoms with Gasteiger partial charge in [0.1, 0.15) is 0 Å². The van der Waals surface area contributed by atoms with Crippen molar-refractivity contribution < 1.29 is 13.5 Å². The van der Waals surface area contributed by atoms with Crippen LogP contribution in [0.5, 0.6) is 0 Å². The highest BCUT2D eigenvalue weighted by Gasteiger charge is 2.21. The summed E-state index contributed by atoms with van der Waals surface area (Å²) in [6.07, 6.45) is 3.19. The Balaban J connectivity index is 2.82. The zero-order valence-electron chi connectivity index (χ0n) is 12.5. The number of rotatable bonds is 8. The lowest BCUT2D eigenvalue weighted by molar-refractivity contribution is 0.227. The fourth-order valence-electron chi connectivity index (χ4n) is 1.87. The number of aliphatic hydroxyl groups excluding tert-OH is 1. The molecule has 0 spiro atoms. The average Bonchev–Trinajstić information content (AvgIpc) is 2.42. The van der Waals surface area contributed by atoms with Crippen LogP contribution in [0.2, 0.25) is 0 Å². The van der Waals surface area contributed by atoms with E-state index in [1.807, 2.05) is 26.0 Å². The molecule has 5 heteroatoms. The van der Waals surface area contributed by atoms with Gasteiger partial charge in [0.2, 0.25) is 10.0 Å². The summed E-state index contributed by atoms with van der Waals surface area (Å²) < 4.78 is 27.0. The topological polar surface area (TPSA) is 66.4 Å². The number of nitrogens with one attached hydrogen (secondary N) is 1. The van der Waals surface area contributed by atoms with Crippen LogP contribution in [-0.2, 0) is 16.4 Å². The van der Waals surface area contributed by atoms with E-state index in [1.165, 1.54) is 0 Å². The van der Waals surface area contributed by atoms with E-state index < -0.39 is 16.1 Å². The number of unbranched alkanes of at least 4 members (excludes halogenated alkanes) is 1. The summed E-state index contributed by atoms with van der Waals surface area (Å²) in [5.74, 6) is 0.0404. The predicted octanol–water partition coefficient (Wildman–Crippen LogP) is 2.32. The monoisotopic (exact) mass is 299 g/mol. The first kappa shape index (κ1) is 17.1. The number of hydrogen-bond donors (Lipinski definition) is 2. The minimum Gasteiger partial charge on any atom is -0.395 e. The van der Waals surface area contributed by atoms with Crippen LogP contribution in [0.4, 0.5) is 0 Å². The molecule has 4 nitrogen and oxygen atoms in total. The molecule has 1 rings (SSSR count). The van der Waals surface area contributed by atoms with E-state index in [1.54, 1.807) is 12.1 Å². The number of aryl methyl sites for hydroxylation is 1. The number of benzene rings is 1. The van der Waals surface area contributed by atoms with Crippen molar-refractivity contribution in [2.45, 2.75) is 51.0 Å². The molecule has 0 aliphatic carbocycles. The predicted molar refractivity (Wildman–Crippen MR) is 81.1 cm³/mol. The van der Waals surface area contributed by atoms with Crippen molar-refractivity contribution in [3.05, 3.63) is 29.8 Å². The van der Waals surface area contributed by atoms with Gasteiger partial charge in [-0.3, -0.25) is 0 Å². The molecular formula is C15H25NO3S.